The van der Waals surface area contributed by atoms with Crippen molar-refractivity contribution < 1.29 is 0 Å². The van der Waals surface area contributed by atoms with Gasteiger partial charge in [0.2, 0.25) is 0 Å². The summed E-state index contributed by atoms with van der Waals surface area (Å²) >= 11 is 17.0. The van der Waals surface area contributed by atoms with Gasteiger partial charge >= 0.3 is 0 Å². The van der Waals surface area contributed by atoms with E-state index in [9.17, 15) is 0 Å². The summed E-state index contributed by atoms with van der Waals surface area (Å²) in [6, 6.07) is 7.92. The lowest BCUT2D eigenvalue weighted by molar-refractivity contribution is 1.14. The van der Waals surface area contributed by atoms with E-state index in [4.69, 9.17) is 23.2 Å². The Morgan fingerprint density at radius 3 is 2.67 bits per heavy atom. The maximum Gasteiger partial charge on any atom is 0.130 e. The fourth-order valence-corrected chi connectivity index (χ4v) is 3.48. The van der Waals surface area contributed by atoms with E-state index in [1.54, 1.807) is 6.07 Å². The Balaban J connectivity index is 1.91. The number of benzene rings is 2. The molecule has 108 valence electrons. The first-order valence-corrected chi connectivity index (χ1v) is 8.43. The van der Waals surface area contributed by atoms with Crippen LogP contribution in [-0.4, -0.2) is 8.75 Å². The minimum Gasteiger partial charge on any atom is -0.378 e. The summed E-state index contributed by atoms with van der Waals surface area (Å²) in [7, 11) is 0. The molecular formula is C14H10BrCl2N3S. The molecule has 0 bridgehead atoms. The van der Waals surface area contributed by atoms with Crippen LogP contribution < -0.4 is 5.32 Å². The van der Waals surface area contributed by atoms with Gasteiger partial charge in [-0.2, -0.15) is 8.75 Å². The summed E-state index contributed by atoms with van der Waals surface area (Å²) in [5.74, 6) is 0. The first kappa shape index (κ1) is 15.0. The van der Waals surface area contributed by atoms with Gasteiger partial charge in [-0.05, 0) is 30.2 Å². The maximum absolute atomic E-state index is 6.27. The SMILES string of the molecule is Cc1cc(CNc2c(Cl)cc(Cl)c3nsnc23)ccc1Br. The quantitative estimate of drug-likeness (QED) is 0.612. The van der Waals surface area contributed by atoms with Crippen molar-refractivity contribution in [2.75, 3.05) is 5.32 Å². The summed E-state index contributed by atoms with van der Waals surface area (Å²) < 4.78 is 9.57. The molecule has 3 rings (SSSR count). The predicted molar refractivity (Wildman–Crippen MR) is 93.6 cm³/mol. The van der Waals surface area contributed by atoms with Crippen LogP contribution >= 0.6 is 50.9 Å². The zero-order chi connectivity index (χ0) is 15.0. The van der Waals surface area contributed by atoms with E-state index in [-0.39, 0.29) is 0 Å². The van der Waals surface area contributed by atoms with E-state index in [1.165, 1.54) is 5.56 Å². The second-order valence-corrected chi connectivity index (χ2v) is 6.81. The molecule has 3 nitrogen and oxygen atoms in total. The van der Waals surface area contributed by atoms with Crippen LogP contribution in [0.15, 0.2) is 28.7 Å². The molecule has 0 unspecified atom stereocenters. The molecule has 7 heteroatoms. The molecule has 2 aromatic carbocycles. The molecule has 0 aliphatic carbocycles. The number of nitrogens with zero attached hydrogens (tertiary/aromatic N) is 2. The summed E-state index contributed by atoms with van der Waals surface area (Å²) in [6.07, 6.45) is 0. The Bertz CT molecular complexity index is 819. The van der Waals surface area contributed by atoms with Crippen LogP contribution in [0.4, 0.5) is 5.69 Å². The fourth-order valence-electron chi connectivity index (χ4n) is 2.05. The molecule has 3 aromatic rings. The van der Waals surface area contributed by atoms with Crippen LogP contribution in [0.5, 0.6) is 0 Å². The van der Waals surface area contributed by atoms with Crippen LogP contribution in [-0.2, 0) is 6.54 Å². The van der Waals surface area contributed by atoms with Crippen LogP contribution in [0.3, 0.4) is 0 Å². The average Bonchev–Trinajstić information content (AvgIpc) is 2.92. The first-order chi connectivity index (χ1) is 10.1. The number of fused-ring (bicyclic) bond motifs is 1. The first-order valence-electron chi connectivity index (χ1n) is 6.15. The fraction of sp³-hybridized carbons (Fsp3) is 0.143. The van der Waals surface area contributed by atoms with Gasteiger partial charge in [0.1, 0.15) is 11.0 Å². The lowest BCUT2D eigenvalue weighted by Gasteiger charge is -2.10. The van der Waals surface area contributed by atoms with E-state index in [2.05, 4.69) is 49.1 Å². The Kier molecular flexibility index (Phi) is 4.36. The highest BCUT2D eigenvalue weighted by Gasteiger charge is 2.13. The largest absolute Gasteiger partial charge is 0.378 e. The van der Waals surface area contributed by atoms with Crippen molar-refractivity contribution in [1.29, 1.82) is 0 Å². The third-order valence-electron chi connectivity index (χ3n) is 3.14. The summed E-state index contributed by atoms with van der Waals surface area (Å²) in [4.78, 5) is 0. The van der Waals surface area contributed by atoms with E-state index in [0.29, 0.717) is 27.6 Å². The van der Waals surface area contributed by atoms with Crippen molar-refractivity contribution in [1.82, 2.24) is 8.75 Å². The molecule has 0 aliphatic heterocycles. The van der Waals surface area contributed by atoms with Crippen LogP contribution in [0, 0.1) is 6.92 Å². The highest BCUT2D eigenvalue weighted by molar-refractivity contribution is 9.10. The van der Waals surface area contributed by atoms with Crippen molar-refractivity contribution in [3.8, 4) is 0 Å². The minimum atomic E-state index is 0.522. The Hall–Kier alpha value is -0.880. The third kappa shape index (κ3) is 3.01. The Labute approximate surface area is 144 Å². The second-order valence-electron chi connectivity index (χ2n) is 4.61. The average molecular weight is 403 g/mol. The molecule has 0 amide bonds. The van der Waals surface area contributed by atoms with Crippen LogP contribution in [0.2, 0.25) is 10.0 Å². The standard InChI is InChI=1S/C14H10BrCl2N3S/c1-7-4-8(2-3-9(7)15)6-18-12-10(16)5-11(17)13-14(12)20-21-19-13/h2-5,18H,6H2,1H3. The molecule has 0 radical (unpaired) electrons. The van der Waals surface area contributed by atoms with Gasteiger partial charge in [-0.3, -0.25) is 0 Å². The molecule has 0 aliphatic rings. The van der Waals surface area contributed by atoms with Gasteiger partial charge in [0.15, 0.2) is 0 Å². The van der Waals surface area contributed by atoms with Crippen molar-refractivity contribution in [3.63, 3.8) is 0 Å². The van der Waals surface area contributed by atoms with E-state index >= 15 is 0 Å². The van der Waals surface area contributed by atoms with E-state index < -0.39 is 0 Å². The van der Waals surface area contributed by atoms with Gasteiger partial charge in [0.05, 0.1) is 27.5 Å². The molecule has 1 N–H and O–H groups in total. The van der Waals surface area contributed by atoms with E-state index in [0.717, 1.165) is 27.5 Å². The summed E-state index contributed by atoms with van der Waals surface area (Å²) in [5.41, 5.74) is 4.52. The topological polar surface area (TPSA) is 37.8 Å². The van der Waals surface area contributed by atoms with Gasteiger partial charge < -0.3 is 5.32 Å². The molecular weight excluding hydrogens is 393 g/mol. The minimum absolute atomic E-state index is 0.522. The van der Waals surface area contributed by atoms with Gasteiger partial charge in [-0.15, -0.1) is 0 Å². The Morgan fingerprint density at radius 1 is 1.14 bits per heavy atom. The molecule has 1 heterocycles. The molecule has 0 saturated heterocycles. The second kappa shape index (κ2) is 6.08. The third-order valence-corrected chi connectivity index (χ3v) is 5.14. The monoisotopic (exact) mass is 401 g/mol. The lowest BCUT2D eigenvalue weighted by atomic mass is 10.1. The number of rotatable bonds is 3. The van der Waals surface area contributed by atoms with Crippen molar-refractivity contribution >= 4 is 67.6 Å². The summed E-state index contributed by atoms with van der Waals surface area (Å²) in [5, 5.41) is 4.40. The van der Waals surface area contributed by atoms with Crippen molar-refractivity contribution in [2.24, 2.45) is 0 Å². The molecule has 1 aromatic heterocycles. The molecule has 0 spiro atoms. The van der Waals surface area contributed by atoms with Crippen molar-refractivity contribution in [3.05, 3.63) is 49.9 Å². The smallest absolute Gasteiger partial charge is 0.130 e. The van der Waals surface area contributed by atoms with Gasteiger partial charge in [-0.25, -0.2) is 0 Å². The molecule has 0 atom stereocenters. The lowest BCUT2D eigenvalue weighted by Crippen LogP contribution is -2.01. The molecule has 0 saturated carbocycles. The van der Waals surface area contributed by atoms with Crippen molar-refractivity contribution in [2.45, 2.75) is 13.5 Å². The molecule has 0 fully saturated rings. The number of nitrogens with one attached hydrogen (secondary N) is 1. The van der Waals surface area contributed by atoms with Gasteiger partial charge in [0, 0.05) is 11.0 Å². The zero-order valence-corrected chi connectivity index (χ0v) is 14.9. The summed E-state index contributed by atoms with van der Waals surface area (Å²) in [6.45, 7) is 2.72. The van der Waals surface area contributed by atoms with E-state index in [1.807, 2.05) is 6.07 Å². The highest BCUT2D eigenvalue weighted by Crippen LogP contribution is 2.35. The maximum atomic E-state index is 6.27. The normalized spacial score (nSPS) is 11.0. The number of anilines is 1. The number of aromatic nitrogens is 2. The van der Waals surface area contributed by atoms with Crippen LogP contribution in [0.1, 0.15) is 11.1 Å². The molecule has 21 heavy (non-hydrogen) atoms. The number of aryl methyl sites for hydroxylation is 1. The Morgan fingerprint density at radius 2 is 1.90 bits per heavy atom. The predicted octanol–water partition coefficient (Wildman–Crippen LogP) is 5.68. The van der Waals surface area contributed by atoms with Gasteiger partial charge in [0.25, 0.3) is 0 Å². The zero-order valence-electron chi connectivity index (χ0n) is 11.0. The van der Waals surface area contributed by atoms with Gasteiger partial charge in [-0.1, -0.05) is 51.3 Å². The highest BCUT2D eigenvalue weighted by atomic mass is 79.9. The van der Waals surface area contributed by atoms with Crippen LogP contribution in [0.25, 0.3) is 11.0 Å². The number of halogens is 3. The number of hydrogen-bond donors (Lipinski definition) is 1. The number of hydrogen-bond acceptors (Lipinski definition) is 4.